The second-order valence-corrected chi connectivity index (χ2v) is 4.28. The van der Waals surface area contributed by atoms with E-state index in [0.717, 1.165) is 6.07 Å². The van der Waals surface area contributed by atoms with E-state index in [0.29, 0.717) is 17.0 Å². The molecule has 0 radical (unpaired) electrons. The van der Waals surface area contributed by atoms with E-state index in [1.807, 2.05) is 13.8 Å². The molecular weight excluding hydrogens is 312 g/mol. The van der Waals surface area contributed by atoms with Gasteiger partial charge in [-0.3, -0.25) is 0 Å². The maximum atomic E-state index is 12.7. The lowest BCUT2D eigenvalue weighted by Gasteiger charge is -2.09. The third-order valence-corrected chi connectivity index (χ3v) is 2.62. The molecule has 0 amide bonds. The Bertz CT molecular complexity index is 657. The van der Waals surface area contributed by atoms with E-state index in [4.69, 9.17) is 17.3 Å². The summed E-state index contributed by atoms with van der Waals surface area (Å²) in [7, 11) is 0. The number of aromatic nitrogens is 4. The molecular formula is C14H16ClF2N5. The van der Waals surface area contributed by atoms with Crippen LogP contribution in [0.5, 0.6) is 0 Å². The minimum Gasteiger partial charge on any atom is -0.402 e. The van der Waals surface area contributed by atoms with Crippen LogP contribution in [-0.2, 0) is 0 Å². The third-order valence-electron chi connectivity index (χ3n) is 2.41. The van der Waals surface area contributed by atoms with E-state index in [9.17, 15) is 8.78 Å². The molecule has 0 bridgehead atoms. The zero-order valence-electron chi connectivity index (χ0n) is 12.4. The average molecular weight is 328 g/mol. The molecule has 2 aromatic rings. The average Bonchev–Trinajstić information content (AvgIpc) is 2.49. The quantitative estimate of drug-likeness (QED) is 0.871. The molecule has 0 saturated carbocycles. The number of allylic oxidation sites excluding steroid dienone is 1. The van der Waals surface area contributed by atoms with E-state index in [-0.39, 0.29) is 16.7 Å². The molecule has 2 heterocycles. The molecule has 0 aliphatic rings. The van der Waals surface area contributed by atoms with Crippen LogP contribution in [0.15, 0.2) is 30.4 Å². The van der Waals surface area contributed by atoms with Crippen molar-refractivity contribution in [3.63, 3.8) is 0 Å². The van der Waals surface area contributed by atoms with Crippen LogP contribution in [0.3, 0.4) is 0 Å². The predicted octanol–water partition coefficient (Wildman–Crippen LogP) is 3.62. The summed E-state index contributed by atoms with van der Waals surface area (Å²) in [5.74, 6) is 0.0672. The van der Waals surface area contributed by atoms with E-state index in [1.54, 1.807) is 6.92 Å². The molecule has 2 rings (SSSR count). The lowest BCUT2D eigenvalue weighted by atomic mass is 10.1. The lowest BCUT2D eigenvalue weighted by molar-refractivity contribution is 0.146. The first-order valence-electron chi connectivity index (χ1n) is 6.54. The molecule has 5 nitrogen and oxygen atoms in total. The van der Waals surface area contributed by atoms with Crippen molar-refractivity contribution in [1.29, 1.82) is 0 Å². The summed E-state index contributed by atoms with van der Waals surface area (Å²) in [6, 6.07) is 2.61. The van der Waals surface area contributed by atoms with Crippen molar-refractivity contribution in [2.24, 2.45) is 5.73 Å². The van der Waals surface area contributed by atoms with Gasteiger partial charge in [-0.05, 0) is 13.0 Å². The molecule has 0 aliphatic carbocycles. The third kappa shape index (κ3) is 4.42. The topological polar surface area (TPSA) is 77.6 Å². The van der Waals surface area contributed by atoms with Crippen LogP contribution < -0.4 is 5.73 Å². The van der Waals surface area contributed by atoms with Crippen molar-refractivity contribution in [3.8, 4) is 0 Å². The fourth-order valence-electron chi connectivity index (χ4n) is 1.58. The summed E-state index contributed by atoms with van der Waals surface area (Å²) >= 11 is 5.79. The minimum atomic E-state index is -2.69. The lowest BCUT2D eigenvalue weighted by Crippen LogP contribution is -2.07. The van der Waals surface area contributed by atoms with E-state index < -0.39 is 6.43 Å². The molecule has 118 valence electrons. The normalized spacial score (nSPS) is 11.6. The zero-order chi connectivity index (χ0) is 16.7. The monoisotopic (exact) mass is 327 g/mol. The summed E-state index contributed by atoms with van der Waals surface area (Å²) in [5.41, 5.74) is 6.46. The van der Waals surface area contributed by atoms with Gasteiger partial charge < -0.3 is 5.73 Å². The summed E-state index contributed by atoms with van der Waals surface area (Å²) in [4.78, 5) is 15.5. The Hall–Kier alpha value is -2.15. The molecule has 0 aromatic carbocycles. The highest BCUT2D eigenvalue weighted by atomic mass is 35.5. The number of hydrogen-bond acceptors (Lipinski definition) is 5. The highest BCUT2D eigenvalue weighted by molar-refractivity contribution is 6.29. The van der Waals surface area contributed by atoms with Gasteiger partial charge in [-0.1, -0.05) is 25.4 Å². The minimum absolute atomic E-state index is 0.0672. The number of nitrogens with two attached hydrogens (primary N) is 1. The second kappa shape index (κ2) is 8.33. The predicted molar refractivity (Wildman–Crippen MR) is 81.3 cm³/mol. The van der Waals surface area contributed by atoms with Crippen molar-refractivity contribution in [3.05, 3.63) is 52.7 Å². The maximum Gasteiger partial charge on any atom is 0.280 e. The highest BCUT2D eigenvalue weighted by Crippen LogP contribution is 2.24. The summed E-state index contributed by atoms with van der Waals surface area (Å²) < 4.78 is 25.4. The number of halogens is 3. The highest BCUT2D eigenvalue weighted by Gasteiger charge is 2.16. The van der Waals surface area contributed by atoms with Crippen LogP contribution >= 0.6 is 11.6 Å². The van der Waals surface area contributed by atoms with Crippen LogP contribution in [-0.4, -0.2) is 19.9 Å². The van der Waals surface area contributed by atoms with Gasteiger partial charge in [-0.15, -0.1) is 0 Å². The molecule has 0 atom stereocenters. The number of hydrogen-bond donors (Lipinski definition) is 1. The Labute approximate surface area is 132 Å². The van der Waals surface area contributed by atoms with Gasteiger partial charge in [-0.25, -0.2) is 28.7 Å². The van der Waals surface area contributed by atoms with Gasteiger partial charge in [-0.2, -0.15) is 0 Å². The van der Waals surface area contributed by atoms with Crippen molar-refractivity contribution in [2.45, 2.75) is 27.2 Å². The van der Waals surface area contributed by atoms with E-state index in [2.05, 4.69) is 19.9 Å². The van der Waals surface area contributed by atoms with Gasteiger partial charge in [0.15, 0.2) is 5.82 Å². The summed E-state index contributed by atoms with van der Waals surface area (Å²) in [5, 5.41) is 0.207. The molecule has 0 saturated heterocycles. The SMILES string of the molecule is C/C(N)=C(\c1cc(Cl)ncn1)c1nccc(C(F)F)n1.CC. The van der Waals surface area contributed by atoms with E-state index >= 15 is 0 Å². The fraction of sp³-hybridized carbons (Fsp3) is 0.286. The van der Waals surface area contributed by atoms with Crippen LogP contribution in [0, 0.1) is 0 Å². The molecule has 0 spiro atoms. The van der Waals surface area contributed by atoms with Crippen LogP contribution in [0.25, 0.3) is 5.57 Å². The fourth-order valence-corrected chi connectivity index (χ4v) is 1.72. The Morgan fingerprint density at radius 3 is 2.45 bits per heavy atom. The first kappa shape index (κ1) is 17.9. The smallest absolute Gasteiger partial charge is 0.280 e. The molecule has 0 aliphatic heterocycles. The van der Waals surface area contributed by atoms with Crippen molar-refractivity contribution < 1.29 is 8.78 Å². The Kier molecular flexibility index (Phi) is 6.78. The second-order valence-electron chi connectivity index (χ2n) is 3.89. The number of nitrogens with zero attached hydrogens (tertiary/aromatic N) is 4. The van der Waals surface area contributed by atoms with E-state index in [1.165, 1.54) is 18.6 Å². The molecule has 8 heteroatoms. The summed E-state index contributed by atoms with van der Waals surface area (Å²) in [6.07, 6.45) is -0.197. The van der Waals surface area contributed by atoms with Gasteiger partial charge >= 0.3 is 0 Å². The molecule has 0 fully saturated rings. The Morgan fingerprint density at radius 1 is 1.23 bits per heavy atom. The zero-order valence-corrected chi connectivity index (χ0v) is 13.1. The molecule has 2 aromatic heterocycles. The van der Waals surface area contributed by atoms with Crippen LogP contribution in [0.4, 0.5) is 8.78 Å². The van der Waals surface area contributed by atoms with Gasteiger partial charge in [0, 0.05) is 18.0 Å². The van der Waals surface area contributed by atoms with Gasteiger partial charge in [0.05, 0.1) is 11.3 Å². The molecule has 2 N–H and O–H groups in total. The first-order valence-corrected chi connectivity index (χ1v) is 6.92. The van der Waals surface area contributed by atoms with Crippen molar-refractivity contribution in [1.82, 2.24) is 19.9 Å². The Balaban J connectivity index is 0.00000116. The van der Waals surface area contributed by atoms with Crippen LogP contribution in [0.1, 0.15) is 44.4 Å². The van der Waals surface area contributed by atoms with Gasteiger partial charge in [0.1, 0.15) is 17.2 Å². The number of alkyl halides is 2. The maximum absolute atomic E-state index is 12.7. The van der Waals surface area contributed by atoms with Gasteiger partial charge in [0.25, 0.3) is 6.43 Å². The first-order chi connectivity index (χ1) is 10.5. The Morgan fingerprint density at radius 2 is 1.91 bits per heavy atom. The molecule has 0 unspecified atom stereocenters. The summed E-state index contributed by atoms with van der Waals surface area (Å²) in [6.45, 7) is 5.60. The number of rotatable bonds is 3. The largest absolute Gasteiger partial charge is 0.402 e. The standard InChI is InChI=1S/C12H10ClF2N5.C2H6/c1-6(16)10(8-4-9(13)19-5-18-8)12-17-3-2-7(20-12)11(14)15;1-2/h2-5,11H,16H2,1H3;1-2H3/b10-6-;. The molecule has 22 heavy (non-hydrogen) atoms. The van der Waals surface area contributed by atoms with Crippen molar-refractivity contribution >= 4 is 17.2 Å². The van der Waals surface area contributed by atoms with Crippen molar-refractivity contribution in [2.75, 3.05) is 0 Å². The van der Waals surface area contributed by atoms with Gasteiger partial charge in [0.2, 0.25) is 0 Å². The van der Waals surface area contributed by atoms with Crippen LogP contribution in [0.2, 0.25) is 5.15 Å².